The fraction of sp³-hybridized carbons (Fsp3) is 0.500. The van der Waals surface area contributed by atoms with Crippen LogP contribution in [0.3, 0.4) is 0 Å². The topological polar surface area (TPSA) is 45.2 Å². The van der Waals surface area contributed by atoms with E-state index in [0.717, 1.165) is 25.2 Å². The molecule has 0 bridgehead atoms. The van der Waals surface area contributed by atoms with Crippen molar-refractivity contribution >= 4 is 30.7 Å². The van der Waals surface area contributed by atoms with Crippen LogP contribution in [0.25, 0.3) is 0 Å². The Bertz CT molecular complexity index is 401. The van der Waals surface area contributed by atoms with Gasteiger partial charge in [-0.3, -0.25) is 9.78 Å². The zero-order valence-electron chi connectivity index (χ0n) is 10.5. The van der Waals surface area contributed by atoms with Gasteiger partial charge < -0.3 is 10.2 Å². The second kappa shape index (κ2) is 7.56. The van der Waals surface area contributed by atoms with Crippen molar-refractivity contribution in [2.45, 2.75) is 19.9 Å². The quantitative estimate of drug-likeness (QED) is 0.856. The van der Waals surface area contributed by atoms with Crippen LogP contribution in [0.2, 0.25) is 0 Å². The highest BCUT2D eigenvalue weighted by Crippen LogP contribution is 2.09. The van der Waals surface area contributed by atoms with Crippen LogP contribution >= 0.6 is 24.8 Å². The summed E-state index contributed by atoms with van der Waals surface area (Å²) in [5, 5.41) is 3.32. The van der Waals surface area contributed by atoms with Crippen LogP contribution in [0.1, 0.15) is 23.0 Å². The zero-order valence-corrected chi connectivity index (χ0v) is 12.2. The molecule has 6 heteroatoms. The Morgan fingerprint density at radius 2 is 2.22 bits per heavy atom. The van der Waals surface area contributed by atoms with Crippen LogP contribution in [0, 0.1) is 6.92 Å². The first-order valence-electron chi connectivity index (χ1n) is 5.63. The molecule has 0 radical (unpaired) electrons. The van der Waals surface area contributed by atoms with Crippen molar-refractivity contribution in [3.05, 3.63) is 29.6 Å². The summed E-state index contributed by atoms with van der Waals surface area (Å²) in [5.41, 5.74) is 1.52. The second-order valence-corrected chi connectivity index (χ2v) is 4.28. The molecular formula is C12H19Cl2N3O. The summed E-state index contributed by atoms with van der Waals surface area (Å²) in [5.74, 6) is 0.0476. The maximum atomic E-state index is 12.2. The Labute approximate surface area is 120 Å². The van der Waals surface area contributed by atoms with E-state index in [2.05, 4.69) is 17.2 Å². The van der Waals surface area contributed by atoms with E-state index < -0.39 is 0 Å². The van der Waals surface area contributed by atoms with Crippen LogP contribution in [0.5, 0.6) is 0 Å². The lowest BCUT2D eigenvalue weighted by Crippen LogP contribution is -2.51. The summed E-state index contributed by atoms with van der Waals surface area (Å²) in [4.78, 5) is 18.2. The number of nitrogens with one attached hydrogen (secondary N) is 1. The van der Waals surface area contributed by atoms with Crippen molar-refractivity contribution in [3.63, 3.8) is 0 Å². The largest absolute Gasteiger partial charge is 0.334 e. The van der Waals surface area contributed by atoms with Gasteiger partial charge in [0.25, 0.3) is 5.91 Å². The maximum absolute atomic E-state index is 12.2. The predicted molar refractivity (Wildman–Crippen MR) is 76.8 cm³/mol. The number of aromatic nitrogens is 1. The summed E-state index contributed by atoms with van der Waals surface area (Å²) in [6.07, 6.45) is 1.67. The maximum Gasteiger partial charge on any atom is 0.272 e. The molecule has 0 spiro atoms. The van der Waals surface area contributed by atoms with Crippen LogP contribution in [0.15, 0.2) is 18.3 Å². The third kappa shape index (κ3) is 3.83. The Balaban J connectivity index is 0.00000144. The van der Waals surface area contributed by atoms with Gasteiger partial charge in [0.15, 0.2) is 0 Å². The molecule has 1 atom stereocenters. The first-order valence-corrected chi connectivity index (χ1v) is 5.63. The number of piperazine rings is 1. The van der Waals surface area contributed by atoms with Crippen molar-refractivity contribution < 1.29 is 4.79 Å². The van der Waals surface area contributed by atoms with E-state index in [1.165, 1.54) is 0 Å². The predicted octanol–water partition coefficient (Wildman–Crippen LogP) is 1.67. The molecule has 0 saturated carbocycles. The normalized spacial score (nSPS) is 18.6. The number of rotatable bonds is 1. The van der Waals surface area contributed by atoms with Crippen molar-refractivity contribution in [1.29, 1.82) is 0 Å². The van der Waals surface area contributed by atoms with Gasteiger partial charge in [-0.1, -0.05) is 6.07 Å². The van der Waals surface area contributed by atoms with E-state index in [1.807, 2.05) is 24.0 Å². The monoisotopic (exact) mass is 291 g/mol. The molecule has 0 aromatic carbocycles. The number of hydrogen-bond acceptors (Lipinski definition) is 3. The van der Waals surface area contributed by atoms with E-state index in [-0.39, 0.29) is 30.7 Å². The molecule has 1 N–H and O–H groups in total. The summed E-state index contributed by atoms with van der Waals surface area (Å²) in [6, 6.07) is 4.14. The lowest BCUT2D eigenvalue weighted by atomic mass is 10.1. The average Bonchev–Trinajstić information content (AvgIpc) is 2.29. The van der Waals surface area contributed by atoms with Crippen LogP contribution in [-0.2, 0) is 0 Å². The highest BCUT2D eigenvalue weighted by atomic mass is 35.5. The highest BCUT2D eigenvalue weighted by Gasteiger charge is 2.23. The molecule has 0 unspecified atom stereocenters. The van der Waals surface area contributed by atoms with E-state index in [4.69, 9.17) is 0 Å². The Kier molecular flexibility index (Phi) is 7.21. The van der Waals surface area contributed by atoms with Gasteiger partial charge in [-0.05, 0) is 25.5 Å². The molecular weight excluding hydrogens is 273 g/mol. The summed E-state index contributed by atoms with van der Waals surface area (Å²) in [7, 11) is 0. The first kappa shape index (κ1) is 17.2. The Hall–Kier alpha value is -0.840. The molecule has 1 aromatic heterocycles. The summed E-state index contributed by atoms with van der Waals surface area (Å²) in [6.45, 7) is 6.39. The van der Waals surface area contributed by atoms with Crippen molar-refractivity contribution in [2.75, 3.05) is 19.6 Å². The molecule has 1 aliphatic heterocycles. The number of hydrogen-bond donors (Lipinski definition) is 1. The summed E-state index contributed by atoms with van der Waals surface area (Å²) < 4.78 is 0. The van der Waals surface area contributed by atoms with E-state index in [9.17, 15) is 4.79 Å². The average molecular weight is 292 g/mol. The molecule has 0 aliphatic carbocycles. The number of carbonyl (C=O) groups excluding carboxylic acids is 1. The van der Waals surface area contributed by atoms with Gasteiger partial charge in [0.1, 0.15) is 5.69 Å². The number of nitrogens with zero attached hydrogens (tertiary/aromatic N) is 2. The molecule has 2 rings (SSSR count). The minimum Gasteiger partial charge on any atom is -0.334 e. The fourth-order valence-electron chi connectivity index (χ4n) is 1.98. The van der Waals surface area contributed by atoms with Crippen molar-refractivity contribution in [2.24, 2.45) is 0 Å². The molecule has 1 aromatic rings. The van der Waals surface area contributed by atoms with E-state index in [0.29, 0.717) is 11.7 Å². The van der Waals surface area contributed by atoms with E-state index >= 15 is 0 Å². The third-order valence-electron chi connectivity index (χ3n) is 2.87. The molecule has 2 heterocycles. The Morgan fingerprint density at radius 3 is 2.83 bits per heavy atom. The SMILES string of the molecule is Cc1cccnc1C(=O)N1CCN[C@@H](C)C1.Cl.Cl. The highest BCUT2D eigenvalue weighted by molar-refractivity contribution is 5.93. The van der Waals surface area contributed by atoms with E-state index in [1.54, 1.807) is 6.20 Å². The van der Waals surface area contributed by atoms with Gasteiger partial charge in [-0.2, -0.15) is 0 Å². The standard InChI is InChI=1S/C12H17N3O.2ClH/c1-9-4-3-5-14-11(9)12(16)15-7-6-13-10(2)8-15;;/h3-5,10,13H,6-8H2,1-2H3;2*1H/t10-;;/m0../s1. The minimum atomic E-state index is 0. The lowest BCUT2D eigenvalue weighted by molar-refractivity contribution is 0.0702. The van der Waals surface area contributed by atoms with Crippen LogP contribution in [-0.4, -0.2) is 41.5 Å². The third-order valence-corrected chi connectivity index (χ3v) is 2.87. The number of aryl methyl sites for hydroxylation is 1. The number of amides is 1. The van der Waals surface area contributed by atoms with Gasteiger partial charge in [0.2, 0.25) is 0 Å². The molecule has 102 valence electrons. The summed E-state index contributed by atoms with van der Waals surface area (Å²) >= 11 is 0. The van der Waals surface area contributed by atoms with Crippen molar-refractivity contribution in [3.8, 4) is 0 Å². The molecule has 18 heavy (non-hydrogen) atoms. The number of halogens is 2. The van der Waals surface area contributed by atoms with Gasteiger partial charge >= 0.3 is 0 Å². The number of pyridine rings is 1. The molecule has 4 nitrogen and oxygen atoms in total. The van der Waals surface area contributed by atoms with Gasteiger partial charge in [-0.25, -0.2) is 0 Å². The minimum absolute atomic E-state index is 0. The van der Waals surface area contributed by atoms with Gasteiger partial charge in [0, 0.05) is 31.9 Å². The second-order valence-electron chi connectivity index (χ2n) is 4.28. The smallest absolute Gasteiger partial charge is 0.272 e. The fourth-order valence-corrected chi connectivity index (χ4v) is 1.98. The lowest BCUT2D eigenvalue weighted by Gasteiger charge is -2.31. The zero-order chi connectivity index (χ0) is 11.5. The van der Waals surface area contributed by atoms with Crippen molar-refractivity contribution in [1.82, 2.24) is 15.2 Å². The van der Waals surface area contributed by atoms with Gasteiger partial charge in [-0.15, -0.1) is 24.8 Å². The Morgan fingerprint density at radius 1 is 1.50 bits per heavy atom. The van der Waals surface area contributed by atoms with Gasteiger partial charge in [0.05, 0.1) is 0 Å². The molecule has 1 amide bonds. The number of carbonyl (C=O) groups is 1. The van der Waals surface area contributed by atoms with Crippen LogP contribution in [0.4, 0.5) is 0 Å². The molecule has 1 saturated heterocycles. The van der Waals surface area contributed by atoms with Crippen LogP contribution < -0.4 is 5.32 Å². The molecule has 1 aliphatic rings. The first-order chi connectivity index (χ1) is 7.68. The molecule has 1 fully saturated rings.